The highest BCUT2D eigenvalue weighted by Crippen LogP contribution is 2.37. The first-order chi connectivity index (χ1) is 7.81. The predicted molar refractivity (Wildman–Crippen MR) is 72.3 cm³/mol. The Hall–Kier alpha value is -0.340. The van der Waals surface area contributed by atoms with Gasteiger partial charge in [0.05, 0.1) is 0 Å². The number of halogens is 1. The van der Waals surface area contributed by atoms with Crippen LogP contribution in [0.3, 0.4) is 0 Å². The van der Waals surface area contributed by atoms with Crippen LogP contribution in [0, 0.1) is 11.8 Å². The molecule has 1 fully saturated rings. The molecule has 1 nitrogen and oxygen atoms in total. The van der Waals surface area contributed by atoms with E-state index in [0.29, 0.717) is 0 Å². The van der Waals surface area contributed by atoms with Gasteiger partial charge < -0.3 is 5.73 Å². The maximum atomic E-state index is 5.68. The Labute approximate surface area is 107 Å². The average molecular weight is 282 g/mol. The lowest BCUT2D eigenvalue weighted by molar-refractivity contribution is 0.366. The maximum absolute atomic E-state index is 5.68. The minimum atomic E-state index is 0.844. The highest BCUT2D eigenvalue weighted by Gasteiger charge is 2.26. The van der Waals surface area contributed by atoms with Crippen LogP contribution in [0.5, 0.6) is 0 Å². The standard InChI is InChI=1S/C14H20BrN/c15-14-7-2-1-4-13(14)10-12-6-3-5-11(12)8-9-16/h1-2,4,7,11-12H,3,5-6,8-10,16H2. The predicted octanol–water partition coefficient (Wildman–Crippen LogP) is 3.76. The second kappa shape index (κ2) is 5.83. The Morgan fingerprint density at radius 1 is 1.19 bits per heavy atom. The molecule has 2 atom stereocenters. The van der Waals surface area contributed by atoms with Crippen molar-refractivity contribution in [1.82, 2.24) is 0 Å². The Kier molecular flexibility index (Phi) is 4.42. The summed E-state index contributed by atoms with van der Waals surface area (Å²) in [4.78, 5) is 0. The molecule has 88 valence electrons. The molecule has 0 aliphatic heterocycles. The van der Waals surface area contributed by atoms with Crippen molar-refractivity contribution < 1.29 is 0 Å². The van der Waals surface area contributed by atoms with E-state index in [1.165, 1.54) is 42.1 Å². The van der Waals surface area contributed by atoms with Gasteiger partial charge in [-0.25, -0.2) is 0 Å². The molecule has 1 aromatic carbocycles. The van der Waals surface area contributed by atoms with Crippen LogP contribution >= 0.6 is 15.9 Å². The molecule has 0 heterocycles. The quantitative estimate of drug-likeness (QED) is 0.894. The first-order valence-electron chi connectivity index (χ1n) is 6.24. The van der Waals surface area contributed by atoms with Crippen molar-refractivity contribution in [2.75, 3.05) is 6.54 Å². The molecule has 16 heavy (non-hydrogen) atoms. The van der Waals surface area contributed by atoms with Crippen LogP contribution in [0.15, 0.2) is 28.7 Å². The number of benzene rings is 1. The summed E-state index contributed by atoms with van der Waals surface area (Å²) < 4.78 is 1.26. The normalized spacial score (nSPS) is 24.9. The summed E-state index contributed by atoms with van der Waals surface area (Å²) in [7, 11) is 0. The highest BCUT2D eigenvalue weighted by atomic mass is 79.9. The molecule has 0 bridgehead atoms. The molecule has 1 aliphatic carbocycles. The smallest absolute Gasteiger partial charge is 0.0207 e. The van der Waals surface area contributed by atoms with Crippen molar-refractivity contribution in [3.63, 3.8) is 0 Å². The first kappa shape index (κ1) is 12.1. The van der Waals surface area contributed by atoms with Crippen molar-refractivity contribution in [2.24, 2.45) is 17.6 Å². The van der Waals surface area contributed by atoms with Crippen LogP contribution in [-0.2, 0) is 6.42 Å². The van der Waals surface area contributed by atoms with Gasteiger partial charge in [0.2, 0.25) is 0 Å². The fourth-order valence-electron chi connectivity index (χ4n) is 2.92. The van der Waals surface area contributed by atoms with Crippen molar-refractivity contribution in [2.45, 2.75) is 32.1 Å². The van der Waals surface area contributed by atoms with Gasteiger partial charge in [-0.3, -0.25) is 0 Å². The fraction of sp³-hybridized carbons (Fsp3) is 0.571. The van der Waals surface area contributed by atoms with E-state index in [9.17, 15) is 0 Å². The second-order valence-electron chi connectivity index (χ2n) is 4.82. The summed E-state index contributed by atoms with van der Waals surface area (Å²) >= 11 is 3.64. The van der Waals surface area contributed by atoms with E-state index in [4.69, 9.17) is 5.73 Å². The average Bonchev–Trinajstić information content (AvgIpc) is 2.70. The molecule has 2 N–H and O–H groups in total. The Morgan fingerprint density at radius 3 is 2.69 bits per heavy atom. The van der Waals surface area contributed by atoms with E-state index in [1.54, 1.807) is 0 Å². The van der Waals surface area contributed by atoms with Crippen LogP contribution in [-0.4, -0.2) is 6.54 Å². The van der Waals surface area contributed by atoms with E-state index in [2.05, 4.69) is 40.2 Å². The monoisotopic (exact) mass is 281 g/mol. The van der Waals surface area contributed by atoms with Gasteiger partial charge in [0, 0.05) is 4.47 Å². The van der Waals surface area contributed by atoms with E-state index < -0.39 is 0 Å². The van der Waals surface area contributed by atoms with Crippen molar-refractivity contribution in [3.05, 3.63) is 34.3 Å². The summed E-state index contributed by atoms with van der Waals surface area (Å²) in [6.07, 6.45) is 6.57. The van der Waals surface area contributed by atoms with Gasteiger partial charge in [-0.05, 0) is 49.3 Å². The zero-order valence-corrected chi connectivity index (χ0v) is 11.2. The zero-order chi connectivity index (χ0) is 11.4. The third-order valence-electron chi connectivity index (χ3n) is 3.79. The number of hydrogen-bond donors (Lipinski definition) is 1. The molecule has 1 aliphatic rings. The van der Waals surface area contributed by atoms with Crippen LogP contribution in [0.1, 0.15) is 31.2 Å². The molecule has 2 heteroatoms. The van der Waals surface area contributed by atoms with Crippen LogP contribution < -0.4 is 5.73 Å². The van der Waals surface area contributed by atoms with Crippen LogP contribution in [0.2, 0.25) is 0 Å². The molecule has 0 amide bonds. The summed E-state index contributed by atoms with van der Waals surface area (Å²) in [5.41, 5.74) is 7.14. The Balaban J connectivity index is 2.01. The zero-order valence-electron chi connectivity index (χ0n) is 9.66. The summed E-state index contributed by atoms with van der Waals surface area (Å²) in [6, 6.07) is 8.59. The van der Waals surface area contributed by atoms with Crippen LogP contribution in [0.25, 0.3) is 0 Å². The van der Waals surface area contributed by atoms with Gasteiger partial charge in [0.25, 0.3) is 0 Å². The molecular formula is C14H20BrN. The highest BCUT2D eigenvalue weighted by molar-refractivity contribution is 9.10. The lowest BCUT2D eigenvalue weighted by Gasteiger charge is -2.19. The first-order valence-corrected chi connectivity index (χ1v) is 7.04. The Bertz CT molecular complexity index is 337. The van der Waals surface area contributed by atoms with Gasteiger partial charge in [-0.2, -0.15) is 0 Å². The Morgan fingerprint density at radius 2 is 1.94 bits per heavy atom. The molecule has 0 aromatic heterocycles. The third kappa shape index (κ3) is 2.86. The minimum Gasteiger partial charge on any atom is -0.330 e. The molecular weight excluding hydrogens is 262 g/mol. The number of rotatable bonds is 4. The largest absolute Gasteiger partial charge is 0.330 e. The lowest BCUT2D eigenvalue weighted by atomic mass is 9.87. The molecule has 1 saturated carbocycles. The van der Waals surface area contributed by atoms with E-state index >= 15 is 0 Å². The molecule has 0 spiro atoms. The van der Waals surface area contributed by atoms with Gasteiger partial charge in [-0.15, -0.1) is 0 Å². The van der Waals surface area contributed by atoms with Gasteiger partial charge >= 0.3 is 0 Å². The summed E-state index contributed by atoms with van der Waals surface area (Å²) in [5, 5.41) is 0. The van der Waals surface area contributed by atoms with E-state index in [-0.39, 0.29) is 0 Å². The fourth-order valence-corrected chi connectivity index (χ4v) is 3.37. The molecule has 2 unspecified atom stereocenters. The number of hydrogen-bond acceptors (Lipinski definition) is 1. The summed E-state index contributed by atoms with van der Waals surface area (Å²) in [6.45, 7) is 0.844. The topological polar surface area (TPSA) is 26.0 Å². The van der Waals surface area contributed by atoms with Crippen molar-refractivity contribution in [1.29, 1.82) is 0 Å². The third-order valence-corrected chi connectivity index (χ3v) is 4.57. The van der Waals surface area contributed by atoms with Crippen LogP contribution in [0.4, 0.5) is 0 Å². The second-order valence-corrected chi connectivity index (χ2v) is 5.68. The van der Waals surface area contributed by atoms with Gasteiger partial charge in [0.15, 0.2) is 0 Å². The van der Waals surface area contributed by atoms with E-state index in [1.807, 2.05) is 0 Å². The van der Waals surface area contributed by atoms with E-state index in [0.717, 1.165) is 18.4 Å². The van der Waals surface area contributed by atoms with Gasteiger partial charge in [0.1, 0.15) is 0 Å². The van der Waals surface area contributed by atoms with Crippen molar-refractivity contribution >= 4 is 15.9 Å². The number of nitrogens with two attached hydrogens (primary N) is 1. The molecule has 0 radical (unpaired) electrons. The molecule has 1 aromatic rings. The SMILES string of the molecule is NCCC1CCCC1Cc1ccccc1Br. The summed E-state index contributed by atoms with van der Waals surface area (Å²) in [5.74, 6) is 1.71. The van der Waals surface area contributed by atoms with Gasteiger partial charge in [-0.1, -0.05) is 47.0 Å². The minimum absolute atomic E-state index is 0.844. The molecule has 0 saturated heterocycles. The lowest BCUT2D eigenvalue weighted by Crippen LogP contribution is -2.15. The molecule has 2 rings (SSSR count). The van der Waals surface area contributed by atoms with Crippen molar-refractivity contribution in [3.8, 4) is 0 Å². The maximum Gasteiger partial charge on any atom is 0.0207 e.